The number of hydrogen-bond donors (Lipinski definition) is 2. The van der Waals surface area contributed by atoms with Gasteiger partial charge in [0.15, 0.2) is 0 Å². The summed E-state index contributed by atoms with van der Waals surface area (Å²) in [5, 5.41) is 13.4. The van der Waals surface area contributed by atoms with E-state index in [0.717, 1.165) is 23.0 Å². The second-order valence-corrected chi connectivity index (χ2v) is 7.18. The molecule has 18 heavy (non-hydrogen) atoms. The maximum Gasteiger partial charge on any atom is 0.0661 e. The van der Waals surface area contributed by atoms with E-state index in [1.807, 2.05) is 12.1 Å². The van der Waals surface area contributed by atoms with Gasteiger partial charge in [0.2, 0.25) is 0 Å². The van der Waals surface area contributed by atoms with Gasteiger partial charge >= 0.3 is 0 Å². The average molecular weight is 312 g/mol. The standard InChI is InChI=1S/C15H22BrNO/c1-14(2)8-3-9-15(10-14,11-18)17-13-6-4-12(16)5-7-13/h4-7,17-18H,3,8-11H2,1-2H3. The first-order valence-electron chi connectivity index (χ1n) is 6.59. The van der Waals surface area contributed by atoms with E-state index in [-0.39, 0.29) is 12.1 Å². The Morgan fingerprint density at radius 1 is 1.22 bits per heavy atom. The highest BCUT2D eigenvalue weighted by atomic mass is 79.9. The predicted molar refractivity (Wildman–Crippen MR) is 79.8 cm³/mol. The number of halogens is 1. The van der Waals surface area contributed by atoms with E-state index < -0.39 is 0 Å². The van der Waals surface area contributed by atoms with Crippen LogP contribution in [0, 0.1) is 5.41 Å². The minimum atomic E-state index is -0.157. The van der Waals surface area contributed by atoms with Gasteiger partial charge in [-0.15, -0.1) is 0 Å². The van der Waals surface area contributed by atoms with Gasteiger partial charge in [0, 0.05) is 10.2 Å². The second kappa shape index (κ2) is 5.22. The molecule has 1 fully saturated rings. The summed E-state index contributed by atoms with van der Waals surface area (Å²) in [4.78, 5) is 0. The molecule has 1 aliphatic carbocycles. The molecule has 1 aromatic carbocycles. The molecule has 0 spiro atoms. The lowest BCUT2D eigenvalue weighted by Gasteiger charge is -2.45. The smallest absolute Gasteiger partial charge is 0.0661 e. The van der Waals surface area contributed by atoms with Crippen LogP contribution in [-0.4, -0.2) is 17.3 Å². The fourth-order valence-electron chi connectivity index (χ4n) is 3.12. The molecule has 1 atom stereocenters. The van der Waals surface area contributed by atoms with Gasteiger partial charge in [-0.25, -0.2) is 0 Å². The quantitative estimate of drug-likeness (QED) is 0.877. The summed E-state index contributed by atoms with van der Waals surface area (Å²) in [7, 11) is 0. The van der Waals surface area contributed by atoms with Crippen molar-refractivity contribution < 1.29 is 5.11 Å². The van der Waals surface area contributed by atoms with Gasteiger partial charge in [-0.2, -0.15) is 0 Å². The van der Waals surface area contributed by atoms with Crippen LogP contribution >= 0.6 is 15.9 Å². The van der Waals surface area contributed by atoms with Gasteiger partial charge < -0.3 is 10.4 Å². The number of anilines is 1. The Hall–Kier alpha value is -0.540. The number of hydrogen-bond acceptors (Lipinski definition) is 2. The molecule has 2 N–H and O–H groups in total. The molecule has 0 bridgehead atoms. The van der Waals surface area contributed by atoms with Gasteiger partial charge in [0.05, 0.1) is 12.1 Å². The van der Waals surface area contributed by atoms with Crippen LogP contribution in [0.15, 0.2) is 28.7 Å². The molecule has 0 heterocycles. The summed E-state index contributed by atoms with van der Waals surface area (Å²) in [5.74, 6) is 0. The molecule has 1 saturated carbocycles. The summed E-state index contributed by atoms with van der Waals surface area (Å²) in [5.41, 5.74) is 1.24. The Labute approximate surface area is 118 Å². The largest absolute Gasteiger partial charge is 0.394 e. The lowest BCUT2D eigenvalue weighted by atomic mass is 9.68. The highest BCUT2D eigenvalue weighted by Gasteiger charge is 2.39. The van der Waals surface area contributed by atoms with E-state index in [4.69, 9.17) is 0 Å². The van der Waals surface area contributed by atoms with Crippen LogP contribution in [0.1, 0.15) is 39.5 Å². The van der Waals surface area contributed by atoms with Crippen LogP contribution in [-0.2, 0) is 0 Å². The Bertz CT molecular complexity index is 401. The van der Waals surface area contributed by atoms with E-state index >= 15 is 0 Å². The molecule has 0 amide bonds. The normalized spacial score (nSPS) is 26.9. The molecule has 1 aromatic rings. The second-order valence-electron chi connectivity index (χ2n) is 6.26. The molecule has 0 saturated heterocycles. The van der Waals surface area contributed by atoms with Crippen molar-refractivity contribution in [2.75, 3.05) is 11.9 Å². The van der Waals surface area contributed by atoms with Crippen molar-refractivity contribution in [2.24, 2.45) is 5.41 Å². The lowest BCUT2D eigenvalue weighted by Crippen LogP contribution is -2.48. The fraction of sp³-hybridized carbons (Fsp3) is 0.600. The SMILES string of the molecule is CC1(C)CCCC(CO)(Nc2ccc(Br)cc2)C1. The van der Waals surface area contributed by atoms with Gasteiger partial charge in [-0.3, -0.25) is 0 Å². The van der Waals surface area contributed by atoms with E-state index in [0.29, 0.717) is 5.41 Å². The molecular formula is C15H22BrNO. The molecule has 0 aliphatic heterocycles. The molecule has 0 radical (unpaired) electrons. The summed E-state index contributed by atoms with van der Waals surface area (Å²) in [6.07, 6.45) is 4.49. The third-order valence-corrected chi connectivity index (χ3v) is 4.41. The fourth-order valence-corrected chi connectivity index (χ4v) is 3.38. The van der Waals surface area contributed by atoms with E-state index in [1.54, 1.807) is 0 Å². The number of aliphatic hydroxyl groups is 1. The number of rotatable bonds is 3. The van der Waals surface area contributed by atoms with Crippen LogP contribution in [0.4, 0.5) is 5.69 Å². The minimum Gasteiger partial charge on any atom is -0.394 e. The minimum absolute atomic E-state index is 0.157. The zero-order chi connectivity index (χ0) is 13.2. The maximum absolute atomic E-state index is 9.82. The Kier molecular flexibility index (Phi) is 4.02. The van der Waals surface area contributed by atoms with Gasteiger partial charge in [-0.1, -0.05) is 36.2 Å². The number of benzene rings is 1. The molecule has 1 aliphatic rings. The summed E-state index contributed by atoms with van der Waals surface area (Å²) in [6.45, 7) is 4.78. The lowest BCUT2D eigenvalue weighted by molar-refractivity contribution is 0.105. The van der Waals surface area contributed by atoms with Crippen molar-refractivity contribution in [3.63, 3.8) is 0 Å². The van der Waals surface area contributed by atoms with E-state index in [1.165, 1.54) is 12.8 Å². The van der Waals surface area contributed by atoms with Crippen molar-refractivity contribution in [3.05, 3.63) is 28.7 Å². The number of nitrogens with one attached hydrogen (secondary N) is 1. The molecule has 100 valence electrons. The van der Waals surface area contributed by atoms with Crippen molar-refractivity contribution in [1.82, 2.24) is 0 Å². The first-order valence-corrected chi connectivity index (χ1v) is 7.39. The molecule has 2 nitrogen and oxygen atoms in total. The average Bonchev–Trinajstić information content (AvgIpc) is 2.31. The zero-order valence-electron chi connectivity index (χ0n) is 11.2. The van der Waals surface area contributed by atoms with E-state index in [9.17, 15) is 5.11 Å². The number of aliphatic hydroxyl groups excluding tert-OH is 1. The van der Waals surface area contributed by atoms with Crippen molar-refractivity contribution in [2.45, 2.75) is 45.1 Å². The zero-order valence-corrected chi connectivity index (χ0v) is 12.8. The Morgan fingerprint density at radius 2 is 1.89 bits per heavy atom. The maximum atomic E-state index is 9.82. The highest BCUT2D eigenvalue weighted by molar-refractivity contribution is 9.10. The topological polar surface area (TPSA) is 32.3 Å². The Balaban J connectivity index is 2.15. The molecule has 2 rings (SSSR count). The van der Waals surface area contributed by atoms with Crippen LogP contribution in [0.5, 0.6) is 0 Å². The molecular weight excluding hydrogens is 290 g/mol. The third-order valence-electron chi connectivity index (χ3n) is 3.88. The van der Waals surface area contributed by atoms with Gasteiger partial charge in [0.25, 0.3) is 0 Å². The first kappa shape index (κ1) is 13.9. The van der Waals surface area contributed by atoms with Gasteiger partial charge in [0.1, 0.15) is 0 Å². The van der Waals surface area contributed by atoms with Gasteiger partial charge in [-0.05, 0) is 48.9 Å². The van der Waals surface area contributed by atoms with Crippen LogP contribution < -0.4 is 5.32 Å². The van der Waals surface area contributed by atoms with Crippen LogP contribution in [0.3, 0.4) is 0 Å². The van der Waals surface area contributed by atoms with Crippen molar-refractivity contribution in [1.29, 1.82) is 0 Å². The summed E-state index contributed by atoms with van der Waals surface area (Å²) in [6, 6.07) is 8.18. The molecule has 0 aromatic heterocycles. The molecule has 3 heteroatoms. The highest BCUT2D eigenvalue weighted by Crippen LogP contribution is 2.42. The van der Waals surface area contributed by atoms with Crippen LogP contribution in [0.25, 0.3) is 0 Å². The summed E-state index contributed by atoms with van der Waals surface area (Å²) >= 11 is 3.44. The third kappa shape index (κ3) is 3.27. The van der Waals surface area contributed by atoms with E-state index in [2.05, 4.69) is 47.2 Å². The van der Waals surface area contributed by atoms with Crippen molar-refractivity contribution in [3.8, 4) is 0 Å². The predicted octanol–water partition coefficient (Wildman–Crippen LogP) is 4.19. The van der Waals surface area contributed by atoms with Crippen molar-refractivity contribution >= 4 is 21.6 Å². The molecule has 1 unspecified atom stereocenters. The van der Waals surface area contributed by atoms with Crippen LogP contribution in [0.2, 0.25) is 0 Å². The first-order chi connectivity index (χ1) is 8.45. The monoisotopic (exact) mass is 311 g/mol. The summed E-state index contributed by atoms with van der Waals surface area (Å²) < 4.78 is 1.08. The Morgan fingerprint density at radius 3 is 2.44 bits per heavy atom.